The smallest absolute Gasteiger partial charge is 0.195 e. The summed E-state index contributed by atoms with van der Waals surface area (Å²) in [5.41, 5.74) is 3.77. The number of benzene rings is 3. The number of rotatable bonds is 4. The van der Waals surface area contributed by atoms with Crippen molar-refractivity contribution < 1.29 is 0 Å². The zero-order valence-corrected chi connectivity index (χ0v) is 16.1. The second-order valence-electron chi connectivity index (χ2n) is 6.68. The van der Waals surface area contributed by atoms with E-state index in [-0.39, 0.29) is 24.5 Å². The molecule has 4 heteroatoms. The molecule has 2 atom stereocenters. The van der Waals surface area contributed by atoms with E-state index in [1.54, 1.807) is 0 Å². The van der Waals surface area contributed by atoms with E-state index in [9.17, 15) is 0 Å². The van der Waals surface area contributed by atoms with Gasteiger partial charge in [0.25, 0.3) is 0 Å². The van der Waals surface area contributed by atoms with Crippen molar-refractivity contribution in [2.75, 3.05) is 7.05 Å². The van der Waals surface area contributed by atoms with Crippen LogP contribution in [-0.2, 0) is 6.54 Å². The van der Waals surface area contributed by atoms with Crippen molar-refractivity contribution in [1.82, 2.24) is 10.2 Å². The Morgan fingerprint density at radius 1 is 0.778 bits per heavy atom. The lowest BCUT2D eigenvalue weighted by Gasteiger charge is -2.22. The molecular formula is C23H24ClN3. The molecular weight excluding hydrogens is 354 g/mol. The predicted molar refractivity (Wildman–Crippen MR) is 114 cm³/mol. The Morgan fingerprint density at radius 2 is 1.30 bits per heavy atom. The first-order valence-electron chi connectivity index (χ1n) is 9.00. The number of guanidine groups is 1. The Morgan fingerprint density at radius 3 is 1.89 bits per heavy atom. The van der Waals surface area contributed by atoms with Gasteiger partial charge in [-0.05, 0) is 16.7 Å². The Bertz CT molecular complexity index is 866. The number of aliphatic imine (C=N–C) groups is 1. The van der Waals surface area contributed by atoms with E-state index in [0.29, 0.717) is 0 Å². The van der Waals surface area contributed by atoms with Gasteiger partial charge in [0.15, 0.2) is 5.96 Å². The minimum absolute atomic E-state index is 0. The summed E-state index contributed by atoms with van der Waals surface area (Å²) >= 11 is 0. The Balaban J connectivity index is 0.00000210. The fourth-order valence-corrected chi connectivity index (χ4v) is 3.45. The van der Waals surface area contributed by atoms with Gasteiger partial charge in [0.05, 0.1) is 6.04 Å². The van der Waals surface area contributed by atoms with Gasteiger partial charge < -0.3 is 10.2 Å². The molecule has 3 aromatic carbocycles. The summed E-state index contributed by atoms with van der Waals surface area (Å²) in [6, 6.07) is 31.8. The van der Waals surface area contributed by atoms with Crippen molar-refractivity contribution in [2.24, 2.45) is 4.99 Å². The maximum atomic E-state index is 5.04. The summed E-state index contributed by atoms with van der Waals surface area (Å²) in [4.78, 5) is 7.23. The molecule has 3 aromatic rings. The van der Waals surface area contributed by atoms with Gasteiger partial charge >= 0.3 is 0 Å². The normalized spacial score (nSPS) is 18.2. The molecule has 1 heterocycles. The molecule has 0 saturated carbocycles. The molecule has 27 heavy (non-hydrogen) atoms. The molecule has 0 aromatic heterocycles. The third kappa shape index (κ3) is 4.32. The van der Waals surface area contributed by atoms with Gasteiger partial charge in [-0.15, -0.1) is 12.4 Å². The van der Waals surface area contributed by atoms with E-state index in [1.807, 2.05) is 6.07 Å². The van der Waals surface area contributed by atoms with Crippen LogP contribution in [0.4, 0.5) is 0 Å². The fourth-order valence-electron chi connectivity index (χ4n) is 3.45. The van der Waals surface area contributed by atoms with Crippen LogP contribution in [0.5, 0.6) is 0 Å². The van der Waals surface area contributed by atoms with E-state index in [4.69, 9.17) is 4.99 Å². The lowest BCUT2D eigenvalue weighted by molar-refractivity contribution is 0.477. The average molecular weight is 378 g/mol. The van der Waals surface area contributed by atoms with Crippen LogP contribution in [0.2, 0.25) is 0 Å². The predicted octanol–water partition coefficient (Wildman–Crippen LogP) is 4.98. The molecule has 0 radical (unpaired) electrons. The van der Waals surface area contributed by atoms with Crippen LogP contribution < -0.4 is 5.32 Å². The van der Waals surface area contributed by atoms with Gasteiger partial charge in [-0.25, -0.2) is 4.99 Å². The van der Waals surface area contributed by atoms with E-state index < -0.39 is 0 Å². The minimum Gasteiger partial charge on any atom is -0.347 e. The van der Waals surface area contributed by atoms with Gasteiger partial charge in [-0.1, -0.05) is 91.0 Å². The van der Waals surface area contributed by atoms with Crippen molar-refractivity contribution in [3.8, 4) is 0 Å². The summed E-state index contributed by atoms with van der Waals surface area (Å²) in [5, 5.41) is 3.65. The zero-order valence-electron chi connectivity index (χ0n) is 15.3. The Kier molecular flexibility index (Phi) is 6.15. The maximum Gasteiger partial charge on any atom is 0.195 e. The van der Waals surface area contributed by atoms with Gasteiger partial charge in [0.2, 0.25) is 0 Å². The van der Waals surface area contributed by atoms with Crippen LogP contribution in [-0.4, -0.2) is 17.9 Å². The highest BCUT2D eigenvalue weighted by Crippen LogP contribution is 2.36. The standard InChI is InChI=1S/C23H23N3.ClH/c1-26(17-18-11-5-2-6-12-18)23-24-21(19-13-7-3-8-14-19)22(25-23)20-15-9-4-10-16-20;/h2-16,21-22H,17H2,1H3,(H,24,25);1H/t21-,22+;. The van der Waals surface area contributed by atoms with Crippen LogP contribution in [0.25, 0.3) is 0 Å². The van der Waals surface area contributed by atoms with Crippen molar-refractivity contribution in [3.63, 3.8) is 0 Å². The molecule has 3 nitrogen and oxygen atoms in total. The second-order valence-corrected chi connectivity index (χ2v) is 6.68. The third-order valence-electron chi connectivity index (χ3n) is 4.79. The van der Waals surface area contributed by atoms with Gasteiger partial charge in [-0.2, -0.15) is 0 Å². The average Bonchev–Trinajstić information content (AvgIpc) is 3.16. The van der Waals surface area contributed by atoms with Crippen LogP contribution in [0.3, 0.4) is 0 Å². The SMILES string of the molecule is CN(Cc1ccccc1)C1=N[C@H](c2ccccc2)[C@H](c2ccccc2)N1.Cl. The molecule has 1 N–H and O–H groups in total. The van der Waals surface area contributed by atoms with Crippen molar-refractivity contribution >= 4 is 18.4 Å². The number of hydrogen-bond donors (Lipinski definition) is 1. The molecule has 0 aliphatic carbocycles. The van der Waals surface area contributed by atoms with E-state index in [0.717, 1.165) is 12.5 Å². The fraction of sp³-hybridized carbons (Fsp3) is 0.174. The van der Waals surface area contributed by atoms with Gasteiger partial charge in [0, 0.05) is 13.6 Å². The third-order valence-corrected chi connectivity index (χ3v) is 4.79. The summed E-state index contributed by atoms with van der Waals surface area (Å²) < 4.78 is 0. The summed E-state index contributed by atoms with van der Waals surface area (Å²) in [5.74, 6) is 0.941. The van der Waals surface area contributed by atoms with Crippen LogP contribution >= 0.6 is 12.4 Å². The first-order valence-corrected chi connectivity index (χ1v) is 9.00. The molecule has 1 aliphatic rings. The number of halogens is 1. The lowest BCUT2D eigenvalue weighted by Crippen LogP contribution is -2.36. The number of nitrogens with one attached hydrogen (secondary N) is 1. The molecule has 0 amide bonds. The first kappa shape index (κ1) is 19.0. The molecule has 0 bridgehead atoms. The van der Waals surface area contributed by atoms with Crippen molar-refractivity contribution in [3.05, 3.63) is 108 Å². The first-order chi connectivity index (χ1) is 12.8. The topological polar surface area (TPSA) is 27.6 Å². The van der Waals surface area contributed by atoms with Crippen LogP contribution in [0, 0.1) is 0 Å². The van der Waals surface area contributed by atoms with E-state index in [1.165, 1.54) is 16.7 Å². The molecule has 0 fully saturated rings. The zero-order chi connectivity index (χ0) is 17.8. The minimum atomic E-state index is 0. The molecule has 0 spiro atoms. The summed E-state index contributed by atoms with van der Waals surface area (Å²) in [6.45, 7) is 0.829. The van der Waals surface area contributed by atoms with Crippen LogP contribution in [0.15, 0.2) is 96.0 Å². The van der Waals surface area contributed by atoms with Crippen molar-refractivity contribution in [1.29, 1.82) is 0 Å². The lowest BCUT2D eigenvalue weighted by atomic mass is 9.95. The highest BCUT2D eigenvalue weighted by Gasteiger charge is 2.32. The van der Waals surface area contributed by atoms with Gasteiger partial charge in [-0.3, -0.25) is 0 Å². The summed E-state index contributed by atoms with van der Waals surface area (Å²) in [7, 11) is 2.09. The molecule has 0 saturated heterocycles. The van der Waals surface area contributed by atoms with E-state index in [2.05, 4.69) is 102 Å². The maximum absolute atomic E-state index is 5.04. The molecule has 1 aliphatic heterocycles. The van der Waals surface area contributed by atoms with Crippen molar-refractivity contribution in [2.45, 2.75) is 18.6 Å². The number of hydrogen-bond acceptors (Lipinski definition) is 3. The molecule has 138 valence electrons. The number of nitrogens with zero attached hydrogens (tertiary/aromatic N) is 2. The Labute approximate surface area is 167 Å². The van der Waals surface area contributed by atoms with E-state index >= 15 is 0 Å². The molecule has 0 unspecified atom stereocenters. The molecule has 4 rings (SSSR count). The van der Waals surface area contributed by atoms with Gasteiger partial charge in [0.1, 0.15) is 6.04 Å². The highest BCUT2D eigenvalue weighted by molar-refractivity contribution is 5.85. The highest BCUT2D eigenvalue weighted by atomic mass is 35.5. The largest absolute Gasteiger partial charge is 0.347 e. The summed E-state index contributed by atoms with van der Waals surface area (Å²) in [6.07, 6.45) is 0. The monoisotopic (exact) mass is 377 g/mol. The second kappa shape index (κ2) is 8.74. The van der Waals surface area contributed by atoms with Crippen LogP contribution in [0.1, 0.15) is 28.8 Å². The Hall–Kier alpha value is -2.78. The quantitative estimate of drug-likeness (QED) is 0.694.